The Kier molecular flexibility index (Phi) is 7.78. The highest BCUT2D eigenvalue weighted by atomic mass is 35.5. The first-order chi connectivity index (χ1) is 16.0. The lowest BCUT2D eigenvalue weighted by Crippen LogP contribution is -2.51. The number of Topliss-reactive ketones (excluding diaryl/α,β-unsaturated/α-hetero) is 1. The third-order valence-corrected chi connectivity index (χ3v) is 6.10. The summed E-state index contributed by atoms with van der Waals surface area (Å²) in [7, 11) is 0. The van der Waals surface area contributed by atoms with Gasteiger partial charge in [-0.25, -0.2) is 0 Å². The summed E-state index contributed by atoms with van der Waals surface area (Å²) in [6, 6.07) is 5.83. The summed E-state index contributed by atoms with van der Waals surface area (Å²) < 4.78 is 4.96. The molecule has 0 bridgehead atoms. The normalized spacial score (nSPS) is 13.2. The Balaban J connectivity index is 1.89. The highest BCUT2D eigenvalue weighted by molar-refractivity contribution is 7.08. The van der Waals surface area contributed by atoms with Gasteiger partial charge in [0.05, 0.1) is 5.02 Å². The molecule has 0 aliphatic carbocycles. The number of amides is 2. The second kappa shape index (κ2) is 10.4. The van der Waals surface area contributed by atoms with Crippen LogP contribution in [0.5, 0.6) is 5.75 Å². The molecule has 0 spiro atoms. The Morgan fingerprint density at radius 1 is 1.18 bits per heavy atom. The quantitative estimate of drug-likeness (QED) is 0.423. The van der Waals surface area contributed by atoms with Crippen LogP contribution in [0.15, 0.2) is 45.6 Å². The Morgan fingerprint density at radius 2 is 1.91 bits per heavy atom. The smallest absolute Gasteiger partial charge is 0.274 e. The first-order valence-electron chi connectivity index (χ1n) is 10.5. The SMILES string of the molecule is Cc1cc(C(=O)NC(Cc2ccc(O)c(Cl)c2)C(=O)N[C@H](C(=O)C(C)(C)C)c2ccsc2)no1. The van der Waals surface area contributed by atoms with Crippen LogP contribution < -0.4 is 10.6 Å². The van der Waals surface area contributed by atoms with Gasteiger partial charge in [0.1, 0.15) is 23.6 Å². The maximum absolute atomic E-state index is 13.4. The summed E-state index contributed by atoms with van der Waals surface area (Å²) >= 11 is 7.44. The van der Waals surface area contributed by atoms with E-state index < -0.39 is 29.3 Å². The van der Waals surface area contributed by atoms with Crippen molar-refractivity contribution in [2.45, 2.75) is 46.2 Å². The van der Waals surface area contributed by atoms with Crippen LogP contribution >= 0.6 is 22.9 Å². The van der Waals surface area contributed by atoms with E-state index in [0.717, 1.165) is 0 Å². The number of aromatic hydroxyl groups is 1. The molecule has 3 aromatic rings. The van der Waals surface area contributed by atoms with Crippen LogP contribution in [0.3, 0.4) is 0 Å². The molecule has 0 saturated heterocycles. The summed E-state index contributed by atoms with van der Waals surface area (Å²) in [5.41, 5.74) is 0.595. The van der Waals surface area contributed by atoms with E-state index in [4.69, 9.17) is 16.1 Å². The number of nitrogens with one attached hydrogen (secondary N) is 2. The second-order valence-electron chi connectivity index (χ2n) is 8.95. The third-order valence-electron chi connectivity index (χ3n) is 5.10. The van der Waals surface area contributed by atoms with E-state index >= 15 is 0 Å². The molecule has 3 rings (SSSR count). The Labute approximate surface area is 206 Å². The number of phenols is 1. The van der Waals surface area contributed by atoms with Crippen molar-refractivity contribution in [3.63, 3.8) is 0 Å². The zero-order chi connectivity index (χ0) is 25.0. The van der Waals surface area contributed by atoms with E-state index in [2.05, 4.69) is 15.8 Å². The number of thiophene rings is 1. The first kappa shape index (κ1) is 25.5. The molecule has 8 nitrogen and oxygen atoms in total. The average molecular weight is 504 g/mol. The fourth-order valence-corrected chi connectivity index (χ4v) is 4.13. The third kappa shape index (κ3) is 6.24. The maximum atomic E-state index is 13.4. The number of aromatic nitrogens is 1. The van der Waals surface area contributed by atoms with E-state index in [1.807, 2.05) is 5.38 Å². The fourth-order valence-electron chi connectivity index (χ4n) is 3.24. The summed E-state index contributed by atoms with van der Waals surface area (Å²) in [4.78, 5) is 39.3. The number of aryl methyl sites for hydroxylation is 1. The van der Waals surface area contributed by atoms with Crippen molar-refractivity contribution < 1.29 is 24.0 Å². The predicted molar refractivity (Wildman–Crippen MR) is 129 cm³/mol. The number of hydrogen-bond acceptors (Lipinski definition) is 7. The van der Waals surface area contributed by atoms with Gasteiger partial charge in [-0.1, -0.05) is 43.6 Å². The number of hydrogen-bond donors (Lipinski definition) is 3. The van der Waals surface area contributed by atoms with Crippen molar-refractivity contribution in [2.75, 3.05) is 0 Å². The van der Waals surface area contributed by atoms with Gasteiger partial charge >= 0.3 is 0 Å². The summed E-state index contributed by atoms with van der Waals surface area (Å²) in [5, 5.41) is 22.6. The van der Waals surface area contributed by atoms with Gasteiger partial charge in [0.2, 0.25) is 5.91 Å². The molecule has 2 amide bonds. The van der Waals surface area contributed by atoms with Gasteiger partial charge in [0.15, 0.2) is 11.5 Å². The lowest BCUT2D eigenvalue weighted by Gasteiger charge is -2.27. The van der Waals surface area contributed by atoms with Crippen molar-refractivity contribution >= 4 is 40.5 Å². The van der Waals surface area contributed by atoms with Gasteiger partial charge in [-0.15, -0.1) is 0 Å². The van der Waals surface area contributed by atoms with Crippen LogP contribution in [-0.2, 0) is 16.0 Å². The highest BCUT2D eigenvalue weighted by Gasteiger charge is 2.34. The molecule has 1 aromatic carbocycles. The molecule has 2 aromatic heterocycles. The minimum atomic E-state index is -1.06. The lowest BCUT2D eigenvalue weighted by molar-refractivity contribution is -0.133. The van der Waals surface area contributed by atoms with Gasteiger partial charge in [0, 0.05) is 17.9 Å². The Bertz CT molecular complexity index is 1180. The number of benzene rings is 1. The molecule has 2 atom stereocenters. The molecular weight excluding hydrogens is 478 g/mol. The van der Waals surface area contributed by atoms with Crippen LogP contribution in [0.1, 0.15) is 54.2 Å². The van der Waals surface area contributed by atoms with E-state index in [1.54, 1.807) is 45.2 Å². The van der Waals surface area contributed by atoms with Gasteiger partial charge in [-0.3, -0.25) is 14.4 Å². The van der Waals surface area contributed by atoms with Crippen molar-refractivity contribution in [3.8, 4) is 5.75 Å². The fraction of sp³-hybridized carbons (Fsp3) is 0.333. The molecule has 0 saturated carbocycles. The van der Waals surface area contributed by atoms with Gasteiger partial charge in [0.25, 0.3) is 5.91 Å². The van der Waals surface area contributed by atoms with E-state index in [9.17, 15) is 19.5 Å². The maximum Gasteiger partial charge on any atom is 0.274 e. The van der Waals surface area contributed by atoms with Crippen LogP contribution in [0.25, 0.3) is 0 Å². The number of ketones is 1. The molecule has 0 radical (unpaired) electrons. The van der Waals surface area contributed by atoms with Crippen LogP contribution in [-0.4, -0.2) is 33.9 Å². The number of nitrogens with zero attached hydrogens (tertiary/aromatic N) is 1. The number of carbonyl (C=O) groups excluding carboxylic acids is 3. The van der Waals surface area contributed by atoms with Crippen LogP contribution in [0.4, 0.5) is 0 Å². The molecule has 180 valence electrons. The Morgan fingerprint density at radius 3 is 2.47 bits per heavy atom. The van der Waals surface area contributed by atoms with Crippen molar-refractivity contribution in [2.24, 2.45) is 5.41 Å². The summed E-state index contributed by atoms with van der Waals surface area (Å²) in [6.45, 7) is 7.00. The topological polar surface area (TPSA) is 122 Å². The van der Waals surface area contributed by atoms with E-state index in [1.165, 1.54) is 29.5 Å². The van der Waals surface area contributed by atoms with E-state index in [0.29, 0.717) is 16.9 Å². The van der Waals surface area contributed by atoms with Gasteiger partial charge < -0.3 is 20.3 Å². The molecule has 2 heterocycles. The number of rotatable bonds is 8. The van der Waals surface area contributed by atoms with Gasteiger partial charge in [-0.05, 0) is 47.0 Å². The Hall–Kier alpha value is -3.17. The summed E-state index contributed by atoms with van der Waals surface area (Å²) in [5.74, 6) is -0.960. The zero-order valence-corrected chi connectivity index (χ0v) is 20.8. The van der Waals surface area contributed by atoms with Crippen molar-refractivity contribution in [1.29, 1.82) is 0 Å². The monoisotopic (exact) mass is 503 g/mol. The molecule has 1 unspecified atom stereocenters. The molecule has 0 aliphatic heterocycles. The number of halogens is 1. The minimum absolute atomic E-state index is 0.0270. The lowest BCUT2D eigenvalue weighted by atomic mass is 9.84. The van der Waals surface area contributed by atoms with Gasteiger partial charge in [-0.2, -0.15) is 11.3 Å². The van der Waals surface area contributed by atoms with Crippen LogP contribution in [0.2, 0.25) is 5.02 Å². The summed E-state index contributed by atoms with van der Waals surface area (Å²) in [6.07, 6.45) is 0.0640. The van der Waals surface area contributed by atoms with Crippen molar-refractivity contribution in [1.82, 2.24) is 15.8 Å². The average Bonchev–Trinajstić information content (AvgIpc) is 3.45. The molecule has 10 heteroatoms. The largest absolute Gasteiger partial charge is 0.506 e. The van der Waals surface area contributed by atoms with E-state index in [-0.39, 0.29) is 28.7 Å². The standard InChI is InChI=1S/C24H26ClN3O5S/c1-13-9-18(28-33-13)23(32)26-17(11-14-5-6-19(29)16(25)10-14)22(31)27-20(15-7-8-34-12-15)21(30)24(2,3)4/h5-10,12,17,20,29H,11H2,1-4H3,(H,26,32)(H,27,31)/t17?,20-/m0/s1. The molecule has 0 fully saturated rings. The predicted octanol–water partition coefficient (Wildman–Crippen LogP) is 4.22. The minimum Gasteiger partial charge on any atom is -0.506 e. The van der Waals surface area contributed by atoms with Crippen LogP contribution in [0, 0.1) is 12.3 Å². The molecule has 34 heavy (non-hydrogen) atoms. The number of carbonyl (C=O) groups is 3. The molecule has 0 aliphatic rings. The first-order valence-corrected chi connectivity index (χ1v) is 11.9. The highest BCUT2D eigenvalue weighted by Crippen LogP contribution is 2.28. The second-order valence-corrected chi connectivity index (χ2v) is 10.1. The molecule has 3 N–H and O–H groups in total. The van der Waals surface area contributed by atoms with Crippen molar-refractivity contribution in [3.05, 3.63) is 68.7 Å². The molecular formula is C24H26ClN3O5S. The number of phenolic OH excluding ortho intramolecular Hbond substituents is 1. The zero-order valence-electron chi connectivity index (χ0n) is 19.2.